The first-order valence-corrected chi connectivity index (χ1v) is 15.1. The third-order valence-corrected chi connectivity index (χ3v) is 7.07. The molecule has 0 amide bonds. The highest BCUT2D eigenvalue weighted by Crippen LogP contribution is 2.20. The summed E-state index contributed by atoms with van der Waals surface area (Å²) in [5.74, 6) is -0.671. The number of carboxylic acids is 1. The summed E-state index contributed by atoms with van der Waals surface area (Å²) >= 11 is 0. The normalized spacial score (nSPS) is 12.5. The largest absolute Gasteiger partial charge is 0.481 e. The van der Waals surface area contributed by atoms with Crippen molar-refractivity contribution in [2.45, 2.75) is 174 Å². The summed E-state index contributed by atoms with van der Waals surface area (Å²) in [6, 6.07) is 0. The van der Waals surface area contributed by atoms with Crippen LogP contribution in [-0.4, -0.2) is 11.1 Å². The van der Waals surface area contributed by atoms with Crippen LogP contribution in [-0.2, 0) is 4.79 Å². The van der Waals surface area contributed by atoms with Crippen LogP contribution in [0.2, 0.25) is 0 Å². The van der Waals surface area contributed by atoms with E-state index in [1.54, 1.807) is 0 Å². The van der Waals surface area contributed by atoms with E-state index >= 15 is 0 Å². The zero-order valence-corrected chi connectivity index (χ0v) is 22.8. The van der Waals surface area contributed by atoms with Crippen LogP contribution in [0.5, 0.6) is 0 Å². The van der Waals surface area contributed by atoms with Gasteiger partial charge in [0.2, 0.25) is 0 Å². The van der Waals surface area contributed by atoms with Crippen molar-refractivity contribution in [1.29, 1.82) is 0 Å². The lowest BCUT2D eigenvalue weighted by Crippen LogP contribution is -2.13. The molecule has 0 aliphatic carbocycles. The van der Waals surface area contributed by atoms with Gasteiger partial charge in [0, 0.05) is 0 Å². The number of unbranched alkanes of at least 4 members (excludes halogenated alkanes) is 20. The van der Waals surface area contributed by atoms with Crippen molar-refractivity contribution in [2.24, 2.45) is 5.92 Å². The predicted octanol–water partition coefficient (Wildman–Crippen LogP) is 11.0. The van der Waals surface area contributed by atoms with E-state index in [1.165, 1.54) is 135 Å². The Kier molecular flexibility index (Phi) is 26.8. The Bertz CT molecular complexity index is 415. The molecule has 1 unspecified atom stereocenters. The van der Waals surface area contributed by atoms with Gasteiger partial charge in [-0.15, -0.1) is 0 Å². The Balaban J connectivity index is 3.42. The maximum atomic E-state index is 11.5. The van der Waals surface area contributed by atoms with Gasteiger partial charge in [0.15, 0.2) is 0 Å². The number of hydrogen-bond acceptors (Lipinski definition) is 1. The van der Waals surface area contributed by atoms with E-state index in [0.717, 1.165) is 25.7 Å². The molecule has 1 atom stereocenters. The summed E-state index contributed by atoms with van der Waals surface area (Å²) < 4.78 is 0. The second-order valence-electron chi connectivity index (χ2n) is 10.4. The highest BCUT2D eigenvalue weighted by atomic mass is 16.4. The zero-order chi connectivity index (χ0) is 24.2. The summed E-state index contributed by atoms with van der Waals surface area (Å²) in [7, 11) is 0. The molecule has 0 aliphatic heterocycles. The Morgan fingerprint density at radius 3 is 1.15 bits per heavy atom. The molecule has 0 aromatic carbocycles. The van der Waals surface area contributed by atoms with E-state index < -0.39 is 5.97 Å². The van der Waals surface area contributed by atoms with Gasteiger partial charge in [-0.1, -0.05) is 148 Å². The van der Waals surface area contributed by atoms with Crippen molar-refractivity contribution < 1.29 is 9.90 Å². The third-order valence-electron chi connectivity index (χ3n) is 7.07. The van der Waals surface area contributed by atoms with Crippen LogP contribution in [0, 0.1) is 5.92 Å². The molecule has 0 saturated heterocycles. The SMILES string of the molecule is CCCCCCCC/C=C\CCCCCCCCCC(CCCCCCCCCC)C(=O)O. The van der Waals surface area contributed by atoms with Crippen LogP contribution in [0.4, 0.5) is 0 Å². The molecule has 2 nitrogen and oxygen atoms in total. The van der Waals surface area contributed by atoms with Crippen molar-refractivity contribution in [3.05, 3.63) is 12.2 Å². The number of rotatable bonds is 27. The monoisotopic (exact) mass is 464 g/mol. The standard InChI is InChI=1S/C31H60O2/c1-3-5-7-9-11-13-14-15-16-17-18-19-20-21-23-25-27-29-30(31(32)33)28-26-24-22-12-10-8-6-4-2/h15-16,30H,3-14,17-29H2,1-2H3,(H,32,33)/b16-15-. The van der Waals surface area contributed by atoms with E-state index in [4.69, 9.17) is 0 Å². The molecule has 0 rings (SSSR count). The maximum absolute atomic E-state index is 11.5. The lowest BCUT2D eigenvalue weighted by molar-refractivity contribution is -0.142. The fourth-order valence-electron chi connectivity index (χ4n) is 4.73. The van der Waals surface area contributed by atoms with Crippen LogP contribution in [0.25, 0.3) is 0 Å². The van der Waals surface area contributed by atoms with Gasteiger partial charge in [-0.2, -0.15) is 0 Å². The van der Waals surface area contributed by atoms with E-state index in [2.05, 4.69) is 26.0 Å². The molecule has 0 spiro atoms. The van der Waals surface area contributed by atoms with Crippen molar-refractivity contribution in [3.8, 4) is 0 Å². The number of aliphatic carboxylic acids is 1. The van der Waals surface area contributed by atoms with Crippen LogP contribution in [0.15, 0.2) is 12.2 Å². The molecule has 2 heteroatoms. The summed E-state index contributed by atoms with van der Waals surface area (Å²) in [6.07, 6.45) is 36.6. The first-order chi connectivity index (χ1) is 16.2. The molecule has 1 N–H and O–H groups in total. The fourth-order valence-corrected chi connectivity index (χ4v) is 4.73. The second-order valence-corrected chi connectivity index (χ2v) is 10.4. The molecule has 0 fully saturated rings. The maximum Gasteiger partial charge on any atom is 0.306 e. The molecule has 0 aromatic heterocycles. The van der Waals surface area contributed by atoms with E-state index in [1.807, 2.05) is 0 Å². The summed E-state index contributed by atoms with van der Waals surface area (Å²) in [5.41, 5.74) is 0. The van der Waals surface area contributed by atoms with Gasteiger partial charge >= 0.3 is 5.97 Å². The Labute approximate surface area is 208 Å². The van der Waals surface area contributed by atoms with Gasteiger partial charge in [0.05, 0.1) is 5.92 Å². The first kappa shape index (κ1) is 32.2. The van der Waals surface area contributed by atoms with Gasteiger partial charge in [-0.25, -0.2) is 0 Å². The lowest BCUT2D eigenvalue weighted by atomic mass is 9.94. The minimum atomic E-state index is -0.567. The van der Waals surface area contributed by atoms with E-state index in [-0.39, 0.29) is 5.92 Å². The molecule has 0 aromatic rings. The molecular formula is C31H60O2. The highest BCUT2D eigenvalue weighted by molar-refractivity contribution is 5.69. The molecule has 196 valence electrons. The quantitative estimate of drug-likeness (QED) is 0.0969. The minimum Gasteiger partial charge on any atom is -0.481 e. The Morgan fingerprint density at radius 1 is 0.515 bits per heavy atom. The Hall–Kier alpha value is -0.790. The van der Waals surface area contributed by atoms with Crippen LogP contribution >= 0.6 is 0 Å². The van der Waals surface area contributed by atoms with Crippen molar-refractivity contribution in [3.63, 3.8) is 0 Å². The van der Waals surface area contributed by atoms with Crippen LogP contribution in [0.3, 0.4) is 0 Å². The topological polar surface area (TPSA) is 37.3 Å². The van der Waals surface area contributed by atoms with Gasteiger partial charge in [0.25, 0.3) is 0 Å². The fraction of sp³-hybridized carbons (Fsp3) is 0.903. The first-order valence-electron chi connectivity index (χ1n) is 15.1. The number of allylic oxidation sites excluding steroid dienone is 2. The molecular weight excluding hydrogens is 404 g/mol. The van der Waals surface area contributed by atoms with Gasteiger partial charge < -0.3 is 5.11 Å². The number of hydrogen-bond donors (Lipinski definition) is 1. The van der Waals surface area contributed by atoms with Crippen molar-refractivity contribution in [2.75, 3.05) is 0 Å². The highest BCUT2D eigenvalue weighted by Gasteiger charge is 2.16. The average molecular weight is 465 g/mol. The Morgan fingerprint density at radius 2 is 0.818 bits per heavy atom. The predicted molar refractivity (Wildman–Crippen MR) is 147 cm³/mol. The summed E-state index contributed by atoms with van der Waals surface area (Å²) in [6.45, 7) is 4.53. The zero-order valence-electron chi connectivity index (χ0n) is 22.8. The molecule has 0 bridgehead atoms. The molecule has 0 aliphatic rings. The summed E-state index contributed by atoms with van der Waals surface area (Å²) in [5, 5.41) is 9.50. The van der Waals surface area contributed by atoms with Crippen LogP contribution < -0.4 is 0 Å². The van der Waals surface area contributed by atoms with E-state index in [0.29, 0.717) is 0 Å². The van der Waals surface area contributed by atoms with E-state index in [9.17, 15) is 9.90 Å². The molecule has 0 radical (unpaired) electrons. The van der Waals surface area contributed by atoms with Gasteiger partial charge in [-0.05, 0) is 38.5 Å². The van der Waals surface area contributed by atoms with Crippen molar-refractivity contribution in [1.82, 2.24) is 0 Å². The summed E-state index contributed by atoms with van der Waals surface area (Å²) in [4.78, 5) is 11.5. The average Bonchev–Trinajstić information content (AvgIpc) is 2.81. The van der Waals surface area contributed by atoms with Gasteiger partial charge in [0.1, 0.15) is 0 Å². The van der Waals surface area contributed by atoms with Crippen LogP contribution in [0.1, 0.15) is 174 Å². The molecule has 0 saturated carbocycles. The van der Waals surface area contributed by atoms with Gasteiger partial charge in [-0.3, -0.25) is 4.79 Å². The second kappa shape index (κ2) is 27.5. The number of carboxylic acid groups (broad SMARTS) is 1. The lowest BCUT2D eigenvalue weighted by Gasteiger charge is -2.12. The van der Waals surface area contributed by atoms with Crippen molar-refractivity contribution >= 4 is 5.97 Å². The number of carbonyl (C=O) groups is 1. The smallest absolute Gasteiger partial charge is 0.306 e. The third kappa shape index (κ3) is 25.7. The minimum absolute atomic E-state index is 0.104. The molecule has 0 heterocycles. The molecule has 33 heavy (non-hydrogen) atoms.